The second-order valence-corrected chi connectivity index (χ2v) is 5.82. The van der Waals surface area contributed by atoms with Crippen LogP contribution in [0.5, 0.6) is 0 Å². The predicted molar refractivity (Wildman–Crippen MR) is 75.1 cm³/mol. The largest absolute Gasteiger partial charge is 0.383 e. The molecule has 1 aromatic rings. The first-order chi connectivity index (χ1) is 7.85. The minimum absolute atomic E-state index is 0.0646. The van der Waals surface area contributed by atoms with Crippen molar-refractivity contribution in [2.45, 2.75) is 19.4 Å². The standard InChI is InChI=1S/C13H18BrN3/c1-13(2,17(3)4)9-16-12-6-10(8-15)5-11(14)7-12/h5-7,16H,9H2,1-4H3. The van der Waals surface area contributed by atoms with Crippen LogP contribution in [-0.4, -0.2) is 31.1 Å². The Balaban J connectivity index is 2.77. The van der Waals surface area contributed by atoms with Crippen LogP contribution in [0.25, 0.3) is 0 Å². The molecule has 92 valence electrons. The van der Waals surface area contributed by atoms with Crippen LogP contribution in [0.15, 0.2) is 22.7 Å². The molecule has 0 aliphatic rings. The fourth-order valence-corrected chi connectivity index (χ4v) is 1.73. The lowest BCUT2D eigenvalue weighted by Gasteiger charge is -2.33. The number of hydrogen-bond donors (Lipinski definition) is 1. The number of halogens is 1. The Morgan fingerprint density at radius 2 is 2.00 bits per heavy atom. The summed E-state index contributed by atoms with van der Waals surface area (Å²) in [5.41, 5.74) is 1.69. The number of rotatable bonds is 4. The molecule has 0 heterocycles. The molecule has 0 aliphatic heterocycles. The Kier molecular flexibility index (Phi) is 4.55. The lowest BCUT2D eigenvalue weighted by molar-refractivity contribution is 0.210. The molecule has 17 heavy (non-hydrogen) atoms. The molecule has 0 spiro atoms. The third kappa shape index (κ3) is 4.03. The highest BCUT2D eigenvalue weighted by molar-refractivity contribution is 9.10. The van der Waals surface area contributed by atoms with E-state index in [1.165, 1.54) is 0 Å². The molecule has 1 aromatic carbocycles. The van der Waals surface area contributed by atoms with Gasteiger partial charge in [-0.15, -0.1) is 0 Å². The Bertz CT molecular complexity index is 433. The first-order valence-electron chi connectivity index (χ1n) is 5.47. The van der Waals surface area contributed by atoms with Gasteiger partial charge in [0.25, 0.3) is 0 Å². The first-order valence-corrected chi connectivity index (χ1v) is 6.26. The SMILES string of the molecule is CN(C)C(C)(C)CNc1cc(Br)cc(C#N)c1. The number of nitriles is 1. The lowest BCUT2D eigenvalue weighted by Crippen LogP contribution is -2.44. The van der Waals surface area contributed by atoms with Gasteiger partial charge in [0.15, 0.2) is 0 Å². The van der Waals surface area contributed by atoms with Crippen molar-refractivity contribution in [3.63, 3.8) is 0 Å². The molecule has 0 saturated heterocycles. The zero-order valence-corrected chi connectivity index (χ0v) is 12.3. The summed E-state index contributed by atoms with van der Waals surface area (Å²) >= 11 is 3.40. The number of hydrogen-bond acceptors (Lipinski definition) is 3. The summed E-state index contributed by atoms with van der Waals surface area (Å²) in [7, 11) is 4.12. The molecule has 0 bridgehead atoms. The van der Waals surface area contributed by atoms with E-state index in [1.54, 1.807) is 0 Å². The first kappa shape index (κ1) is 14.0. The number of benzene rings is 1. The van der Waals surface area contributed by atoms with Crippen LogP contribution in [0.4, 0.5) is 5.69 Å². The van der Waals surface area contributed by atoms with Gasteiger partial charge in [0, 0.05) is 22.2 Å². The van der Waals surface area contributed by atoms with E-state index in [1.807, 2.05) is 18.2 Å². The van der Waals surface area contributed by atoms with Gasteiger partial charge in [-0.05, 0) is 46.1 Å². The fraction of sp³-hybridized carbons (Fsp3) is 0.462. The molecule has 0 fully saturated rings. The average Bonchev–Trinajstić information content (AvgIpc) is 2.25. The summed E-state index contributed by atoms with van der Waals surface area (Å²) in [6, 6.07) is 7.79. The van der Waals surface area contributed by atoms with Gasteiger partial charge >= 0.3 is 0 Å². The highest BCUT2D eigenvalue weighted by Crippen LogP contribution is 2.20. The Hall–Kier alpha value is -1.05. The van der Waals surface area contributed by atoms with Crippen LogP contribution in [-0.2, 0) is 0 Å². The van der Waals surface area contributed by atoms with Gasteiger partial charge < -0.3 is 10.2 Å². The van der Waals surface area contributed by atoms with Crippen molar-refractivity contribution in [3.8, 4) is 6.07 Å². The normalized spacial score (nSPS) is 11.4. The summed E-state index contributed by atoms with van der Waals surface area (Å²) in [5, 5.41) is 12.3. The number of anilines is 1. The maximum absolute atomic E-state index is 8.90. The maximum Gasteiger partial charge on any atom is 0.0992 e. The summed E-state index contributed by atoms with van der Waals surface area (Å²) in [6.07, 6.45) is 0. The van der Waals surface area contributed by atoms with E-state index in [4.69, 9.17) is 5.26 Å². The van der Waals surface area contributed by atoms with Gasteiger partial charge in [0.1, 0.15) is 0 Å². The third-order valence-corrected chi connectivity index (χ3v) is 3.42. The van der Waals surface area contributed by atoms with Gasteiger partial charge in [0.05, 0.1) is 11.6 Å². The number of likely N-dealkylation sites (N-methyl/N-ethyl adjacent to an activating group) is 1. The van der Waals surface area contributed by atoms with Crippen LogP contribution >= 0.6 is 15.9 Å². The smallest absolute Gasteiger partial charge is 0.0992 e. The van der Waals surface area contributed by atoms with Crippen molar-refractivity contribution in [2.75, 3.05) is 26.0 Å². The second-order valence-electron chi connectivity index (χ2n) is 4.90. The molecule has 0 unspecified atom stereocenters. The minimum atomic E-state index is 0.0646. The molecule has 0 aliphatic carbocycles. The molecule has 0 aromatic heterocycles. The topological polar surface area (TPSA) is 39.1 Å². The van der Waals surface area contributed by atoms with Crippen molar-refractivity contribution in [1.29, 1.82) is 5.26 Å². The van der Waals surface area contributed by atoms with Crippen molar-refractivity contribution in [1.82, 2.24) is 4.90 Å². The number of nitrogens with one attached hydrogen (secondary N) is 1. The van der Waals surface area contributed by atoms with Crippen LogP contribution in [0.1, 0.15) is 19.4 Å². The Labute approximate surface area is 112 Å². The van der Waals surface area contributed by atoms with Crippen molar-refractivity contribution < 1.29 is 0 Å². The number of nitrogens with zero attached hydrogens (tertiary/aromatic N) is 2. The molecule has 0 radical (unpaired) electrons. The van der Waals surface area contributed by atoms with E-state index in [9.17, 15) is 0 Å². The zero-order chi connectivity index (χ0) is 13.1. The molecule has 0 atom stereocenters. The fourth-order valence-electron chi connectivity index (χ4n) is 1.23. The van der Waals surface area contributed by atoms with E-state index in [0.29, 0.717) is 5.56 Å². The van der Waals surface area contributed by atoms with Crippen molar-refractivity contribution in [3.05, 3.63) is 28.2 Å². The zero-order valence-electron chi connectivity index (χ0n) is 10.7. The van der Waals surface area contributed by atoms with Crippen LogP contribution < -0.4 is 5.32 Å². The predicted octanol–water partition coefficient (Wildman–Crippen LogP) is 3.07. The third-order valence-electron chi connectivity index (χ3n) is 2.96. The molecular formula is C13H18BrN3. The highest BCUT2D eigenvalue weighted by atomic mass is 79.9. The van der Waals surface area contributed by atoms with Gasteiger partial charge in [-0.2, -0.15) is 5.26 Å². The Morgan fingerprint density at radius 3 is 2.53 bits per heavy atom. The monoisotopic (exact) mass is 295 g/mol. The van der Waals surface area contributed by atoms with Crippen molar-refractivity contribution >= 4 is 21.6 Å². The average molecular weight is 296 g/mol. The summed E-state index contributed by atoms with van der Waals surface area (Å²) in [5.74, 6) is 0. The molecule has 3 nitrogen and oxygen atoms in total. The van der Waals surface area contributed by atoms with Crippen LogP contribution in [0.3, 0.4) is 0 Å². The van der Waals surface area contributed by atoms with Gasteiger partial charge in [0.2, 0.25) is 0 Å². The van der Waals surface area contributed by atoms with Gasteiger partial charge in [-0.1, -0.05) is 15.9 Å². The van der Waals surface area contributed by atoms with Crippen LogP contribution in [0.2, 0.25) is 0 Å². The lowest BCUT2D eigenvalue weighted by atomic mass is 10.0. The molecule has 0 amide bonds. The summed E-state index contributed by atoms with van der Waals surface area (Å²) in [4.78, 5) is 2.17. The molecule has 0 saturated carbocycles. The minimum Gasteiger partial charge on any atom is -0.383 e. The van der Waals surface area contributed by atoms with E-state index in [2.05, 4.69) is 60.2 Å². The van der Waals surface area contributed by atoms with Crippen molar-refractivity contribution in [2.24, 2.45) is 0 Å². The second kappa shape index (κ2) is 5.52. The molecule has 1 rings (SSSR count). The molecule has 1 N–H and O–H groups in total. The highest BCUT2D eigenvalue weighted by Gasteiger charge is 2.19. The van der Waals surface area contributed by atoms with E-state index in [0.717, 1.165) is 16.7 Å². The molecule has 4 heteroatoms. The Morgan fingerprint density at radius 1 is 1.35 bits per heavy atom. The van der Waals surface area contributed by atoms with E-state index >= 15 is 0 Å². The van der Waals surface area contributed by atoms with Gasteiger partial charge in [-0.3, -0.25) is 0 Å². The molecular weight excluding hydrogens is 278 g/mol. The van der Waals surface area contributed by atoms with E-state index < -0.39 is 0 Å². The summed E-state index contributed by atoms with van der Waals surface area (Å²) < 4.78 is 0.918. The quantitative estimate of drug-likeness (QED) is 0.928. The van der Waals surface area contributed by atoms with Crippen LogP contribution in [0, 0.1) is 11.3 Å². The van der Waals surface area contributed by atoms with Gasteiger partial charge in [-0.25, -0.2) is 0 Å². The van der Waals surface area contributed by atoms with E-state index in [-0.39, 0.29) is 5.54 Å². The maximum atomic E-state index is 8.90. The summed E-state index contributed by atoms with van der Waals surface area (Å²) in [6.45, 7) is 5.16.